The van der Waals surface area contributed by atoms with Gasteiger partial charge in [-0.2, -0.15) is 5.10 Å². The number of H-pyrrole nitrogens is 1. The fourth-order valence-corrected chi connectivity index (χ4v) is 4.00. The van der Waals surface area contributed by atoms with Crippen LogP contribution in [0, 0.1) is 0 Å². The standard InChI is InChI=1S/C23H25N7O2/c1-29-19-8-7-16(30-9-11-32-12-10-30)13-17(19)26-22(29)21-18(14-25-28-21)27-23(31)20(24)15-5-3-2-4-6-15/h2-8,13-14,20H,9-12,24H2,1H3,(H,25,28)(H,27,31). The molecule has 3 heterocycles. The van der Waals surface area contributed by atoms with Crippen molar-refractivity contribution in [3.05, 3.63) is 60.3 Å². The van der Waals surface area contributed by atoms with E-state index in [1.54, 1.807) is 6.20 Å². The smallest absolute Gasteiger partial charge is 0.245 e. The molecule has 1 aliphatic rings. The van der Waals surface area contributed by atoms with Crippen LogP contribution in [0.1, 0.15) is 11.6 Å². The van der Waals surface area contributed by atoms with Gasteiger partial charge in [-0.05, 0) is 23.8 Å². The van der Waals surface area contributed by atoms with Gasteiger partial charge in [-0.1, -0.05) is 30.3 Å². The Balaban J connectivity index is 1.43. The molecule has 1 aliphatic heterocycles. The van der Waals surface area contributed by atoms with Gasteiger partial charge in [0.25, 0.3) is 0 Å². The summed E-state index contributed by atoms with van der Waals surface area (Å²) in [5.74, 6) is 0.344. The number of anilines is 2. The van der Waals surface area contributed by atoms with E-state index in [-0.39, 0.29) is 5.91 Å². The Bertz CT molecular complexity index is 1240. The van der Waals surface area contributed by atoms with Crippen molar-refractivity contribution in [1.29, 1.82) is 0 Å². The van der Waals surface area contributed by atoms with Crippen LogP contribution >= 0.6 is 0 Å². The molecular formula is C23H25N7O2. The number of fused-ring (bicyclic) bond motifs is 1. The molecule has 4 N–H and O–H groups in total. The first-order valence-electron chi connectivity index (χ1n) is 10.6. The molecule has 9 nitrogen and oxygen atoms in total. The number of carbonyl (C=O) groups excluding carboxylic acids is 1. The van der Waals surface area contributed by atoms with Crippen molar-refractivity contribution in [1.82, 2.24) is 19.7 Å². The molecule has 1 atom stereocenters. The number of hydrogen-bond acceptors (Lipinski definition) is 6. The zero-order valence-electron chi connectivity index (χ0n) is 17.8. The average Bonchev–Trinajstić information content (AvgIpc) is 3.43. The molecule has 0 bridgehead atoms. The van der Waals surface area contributed by atoms with Crippen molar-refractivity contribution in [2.45, 2.75) is 6.04 Å². The number of imidazole rings is 1. The lowest BCUT2D eigenvalue weighted by atomic mass is 10.1. The number of hydrogen-bond donors (Lipinski definition) is 3. The molecule has 4 aromatic rings. The van der Waals surface area contributed by atoms with Crippen LogP contribution in [-0.4, -0.2) is 52.0 Å². The van der Waals surface area contributed by atoms with Crippen LogP contribution in [0.3, 0.4) is 0 Å². The molecule has 1 unspecified atom stereocenters. The Kier molecular flexibility index (Phi) is 5.34. The van der Waals surface area contributed by atoms with Crippen molar-refractivity contribution in [3.63, 3.8) is 0 Å². The number of benzene rings is 2. The zero-order chi connectivity index (χ0) is 22.1. The Labute approximate surface area is 185 Å². The first-order chi connectivity index (χ1) is 15.6. The minimum atomic E-state index is -0.782. The minimum absolute atomic E-state index is 0.313. The summed E-state index contributed by atoms with van der Waals surface area (Å²) < 4.78 is 7.43. The largest absolute Gasteiger partial charge is 0.378 e. The summed E-state index contributed by atoms with van der Waals surface area (Å²) in [4.78, 5) is 19.9. The molecule has 32 heavy (non-hydrogen) atoms. The molecule has 1 amide bonds. The molecule has 5 rings (SSSR count). The number of aromatic amines is 1. The quantitative estimate of drug-likeness (QED) is 0.447. The second kappa shape index (κ2) is 8.45. The third kappa shape index (κ3) is 3.72. The van der Waals surface area contributed by atoms with Crippen LogP contribution in [0.5, 0.6) is 0 Å². The minimum Gasteiger partial charge on any atom is -0.378 e. The van der Waals surface area contributed by atoms with Gasteiger partial charge >= 0.3 is 0 Å². The number of aryl methyl sites for hydroxylation is 1. The topological polar surface area (TPSA) is 114 Å². The Morgan fingerprint density at radius 2 is 1.97 bits per heavy atom. The Morgan fingerprint density at radius 3 is 2.75 bits per heavy atom. The van der Waals surface area contributed by atoms with Crippen molar-refractivity contribution < 1.29 is 9.53 Å². The van der Waals surface area contributed by atoms with E-state index in [4.69, 9.17) is 15.5 Å². The number of nitrogens with one attached hydrogen (secondary N) is 2. The number of amides is 1. The molecule has 0 radical (unpaired) electrons. The van der Waals surface area contributed by atoms with Crippen molar-refractivity contribution in [3.8, 4) is 11.5 Å². The van der Waals surface area contributed by atoms with Crippen LogP contribution in [0.15, 0.2) is 54.7 Å². The zero-order valence-corrected chi connectivity index (χ0v) is 17.8. The summed E-state index contributed by atoms with van der Waals surface area (Å²) in [6.45, 7) is 3.19. The highest BCUT2D eigenvalue weighted by molar-refractivity contribution is 5.98. The molecule has 2 aromatic heterocycles. The third-order valence-corrected chi connectivity index (χ3v) is 5.79. The molecule has 0 spiro atoms. The van der Waals surface area contributed by atoms with E-state index in [1.807, 2.05) is 41.9 Å². The van der Waals surface area contributed by atoms with Crippen LogP contribution in [-0.2, 0) is 16.6 Å². The lowest BCUT2D eigenvalue weighted by Crippen LogP contribution is -2.36. The first kappa shape index (κ1) is 20.2. The molecular weight excluding hydrogens is 406 g/mol. The number of morpholine rings is 1. The molecule has 1 saturated heterocycles. The van der Waals surface area contributed by atoms with E-state index in [9.17, 15) is 4.79 Å². The summed E-state index contributed by atoms with van der Waals surface area (Å²) >= 11 is 0. The van der Waals surface area contributed by atoms with Gasteiger partial charge in [0.05, 0.1) is 29.9 Å². The second-order valence-corrected chi connectivity index (χ2v) is 7.79. The molecule has 2 aromatic carbocycles. The second-order valence-electron chi connectivity index (χ2n) is 7.79. The van der Waals surface area contributed by atoms with Crippen LogP contribution in [0.25, 0.3) is 22.6 Å². The number of rotatable bonds is 5. The Morgan fingerprint density at radius 1 is 1.19 bits per heavy atom. The van der Waals surface area contributed by atoms with Crippen molar-refractivity contribution in [2.24, 2.45) is 12.8 Å². The Hall–Kier alpha value is -3.69. The maximum absolute atomic E-state index is 12.8. The van der Waals surface area contributed by atoms with E-state index in [1.165, 1.54) is 0 Å². The van der Waals surface area contributed by atoms with Crippen LogP contribution in [0.2, 0.25) is 0 Å². The van der Waals surface area contributed by atoms with Crippen LogP contribution in [0.4, 0.5) is 11.4 Å². The maximum atomic E-state index is 12.8. The van der Waals surface area contributed by atoms with Gasteiger partial charge < -0.3 is 25.3 Å². The highest BCUT2D eigenvalue weighted by atomic mass is 16.5. The molecule has 9 heteroatoms. The monoisotopic (exact) mass is 431 g/mol. The molecule has 1 fully saturated rings. The number of nitrogens with two attached hydrogens (primary N) is 1. The summed E-state index contributed by atoms with van der Waals surface area (Å²) in [7, 11) is 1.94. The fraction of sp³-hybridized carbons (Fsp3) is 0.261. The van der Waals surface area contributed by atoms with Gasteiger partial charge in [-0.25, -0.2) is 4.98 Å². The normalized spacial score (nSPS) is 15.1. The van der Waals surface area contributed by atoms with Crippen molar-refractivity contribution >= 4 is 28.3 Å². The van der Waals surface area contributed by atoms with Gasteiger partial charge in [-0.15, -0.1) is 0 Å². The third-order valence-electron chi connectivity index (χ3n) is 5.79. The van der Waals surface area contributed by atoms with Gasteiger partial charge in [0.2, 0.25) is 5.91 Å². The highest BCUT2D eigenvalue weighted by Gasteiger charge is 2.22. The van der Waals surface area contributed by atoms with Crippen LogP contribution < -0.4 is 16.0 Å². The highest BCUT2D eigenvalue weighted by Crippen LogP contribution is 2.30. The molecule has 0 saturated carbocycles. The van der Waals surface area contributed by atoms with Gasteiger partial charge in [0.15, 0.2) is 11.5 Å². The molecule has 164 valence electrons. The predicted molar refractivity (Wildman–Crippen MR) is 123 cm³/mol. The number of ether oxygens (including phenoxy) is 1. The van der Waals surface area contributed by atoms with Crippen molar-refractivity contribution in [2.75, 3.05) is 36.5 Å². The number of aromatic nitrogens is 4. The summed E-state index contributed by atoms with van der Waals surface area (Å²) in [6.07, 6.45) is 1.64. The first-order valence-corrected chi connectivity index (χ1v) is 10.6. The van der Waals surface area contributed by atoms with E-state index in [0.717, 1.165) is 48.6 Å². The lowest BCUT2D eigenvalue weighted by Gasteiger charge is -2.28. The lowest BCUT2D eigenvalue weighted by molar-refractivity contribution is -0.117. The molecule has 0 aliphatic carbocycles. The van der Waals surface area contributed by atoms with Gasteiger partial charge in [0, 0.05) is 32.0 Å². The van der Waals surface area contributed by atoms with E-state index >= 15 is 0 Å². The van der Waals surface area contributed by atoms with E-state index in [0.29, 0.717) is 17.2 Å². The SMILES string of the molecule is Cn1c(-c2n[nH]cc2NC(=O)C(N)c2ccccc2)nc2cc(N3CCOCC3)ccc21. The summed E-state index contributed by atoms with van der Waals surface area (Å²) in [5, 5.41) is 10.1. The summed E-state index contributed by atoms with van der Waals surface area (Å²) in [6, 6.07) is 14.7. The predicted octanol–water partition coefficient (Wildman–Crippen LogP) is 2.44. The summed E-state index contributed by atoms with van der Waals surface area (Å²) in [5.41, 5.74) is 11.0. The maximum Gasteiger partial charge on any atom is 0.245 e. The average molecular weight is 432 g/mol. The fourth-order valence-electron chi connectivity index (χ4n) is 4.00. The van der Waals surface area contributed by atoms with E-state index in [2.05, 4.69) is 38.6 Å². The van der Waals surface area contributed by atoms with Gasteiger partial charge in [-0.3, -0.25) is 9.89 Å². The number of carbonyl (C=O) groups is 1. The van der Waals surface area contributed by atoms with E-state index < -0.39 is 6.04 Å². The van der Waals surface area contributed by atoms with Gasteiger partial charge in [0.1, 0.15) is 6.04 Å². The number of nitrogens with zero attached hydrogens (tertiary/aromatic N) is 4.